The number of H-pyrrole nitrogens is 1. The van der Waals surface area contributed by atoms with Crippen LogP contribution in [0.5, 0.6) is 17.6 Å². The van der Waals surface area contributed by atoms with Gasteiger partial charge in [-0.3, -0.25) is 4.79 Å². The second-order valence-electron chi connectivity index (χ2n) is 7.19. The van der Waals surface area contributed by atoms with E-state index in [4.69, 9.17) is 30.5 Å². The number of hydrogen-bond acceptors (Lipinski definition) is 8. The summed E-state index contributed by atoms with van der Waals surface area (Å²) in [5.41, 5.74) is 1.45. The highest BCUT2D eigenvalue weighted by Gasteiger charge is 2.48. The van der Waals surface area contributed by atoms with Gasteiger partial charge in [0, 0.05) is 5.56 Å². The number of aliphatic hydroxyl groups excluding tert-OH is 1. The Bertz CT molecular complexity index is 1120. The first-order chi connectivity index (χ1) is 14.5. The highest BCUT2D eigenvalue weighted by molar-refractivity contribution is 6.32. The molecule has 4 heterocycles. The third-order valence-electron chi connectivity index (χ3n) is 5.07. The zero-order chi connectivity index (χ0) is 20.8. The first kappa shape index (κ1) is 19.3. The van der Waals surface area contributed by atoms with Crippen molar-refractivity contribution in [3.8, 4) is 17.6 Å². The van der Waals surface area contributed by atoms with Crippen LogP contribution in [-0.2, 0) is 9.47 Å². The van der Waals surface area contributed by atoms with Gasteiger partial charge in [-0.25, -0.2) is 0 Å². The Labute approximate surface area is 175 Å². The molecule has 30 heavy (non-hydrogen) atoms. The van der Waals surface area contributed by atoms with Crippen molar-refractivity contribution in [1.82, 2.24) is 15.0 Å². The van der Waals surface area contributed by atoms with Crippen LogP contribution in [0.25, 0.3) is 11.2 Å². The molecule has 2 aromatic heterocycles. The molecule has 3 aromatic rings. The number of aromatic nitrogens is 3. The third-order valence-corrected chi connectivity index (χ3v) is 5.34. The molecule has 0 aliphatic carbocycles. The van der Waals surface area contributed by atoms with Gasteiger partial charge < -0.3 is 29.0 Å². The smallest absolute Gasteiger partial charge is 0.296 e. The Morgan fingerprint density at radius 3 is 2.90 bits per heavy atom. The minimum Gasteiger partial charge on any atom is -0.456 e. The Hall–Kier alpha value is -2.72. The summed E-state index contributed by atoms with van der Waals surface area (Å²) >= 11 is 6.31. The lowest BCUT2D eigenvalue weighted by Crippen LogP contribution is -2.34. The molecule has 2 N–H and O–H groups in total. The molecule has 4 atom stereocenters. The van der Waals surface area contributed by atoms with Crippen LogP contribution in [0.2, 0.25) is 5.02 Å². The van der Waals surface area contributed by atoms with E-state index in [0.29, 0.717) is 29.1 Å². The summed E-state index contributed by atoms with van der Waals surface area (Å²) in [6.07, 6.45) is -1.79. The summed E-state index contributed by atoms with van der Waals surface area (Å²) in [4.78, 5) is 23.3. The maximum Gasteiger partial charge on any atom is 0.296 e. The summed E-state index contributed by atoms with van der Waals surface area (Å²) in [6.45, 7) is 1.99. The number of benzene rings is 1. The van der Waals surface area contributed by atoms with Gasteiger partial charge in [0.25, 0.3) is 6.01 Å². The number of ether oxygens (including phenoxy) is 4. The van der Waals surface area contributed by atoms with Crippen LogP contribution in [0.3, 0.4) is 0 Å². The third kappa shape index (κ3) is 3.50. The fourth-order valence-electron chi connectivity index (χ4n) is 3.59. The lowest BCUT2D eigenvalue weighted by Gasteiger charge is -2.15. The van der Waals surface area contributed by atoms with Gasteiger partial charge in [-0.2, -0.15) is 9.97 Å². The number of fused-ring (bicyclic) bond motifs is 2. The molecule has 2 aliphatic rings. The van der Waals surface area contributed by atoms with Gasteiger partial charge in [-0.15, -0.1) is 0 Å². The van der Waals surface area contributed by atoms with Gasteiger partial charge in [0.05, 0.1) is 18.7 Å². The number of nitrogens with zero attached hydrogens (tertiary/aromatic N) is 2. The van der Waals surface area contributed by atoms with E-state index in [1.54, 1.807) is 30.3 Å². The van der Waals surface area contributed by atoms with Crippen molar-refractivity contribution >= 4 is 28.5 Å². The molecule has 2 aliphatic heterocycles. The number of carbonyl (C=O) groups excluding carboxylic acids is 1. The molecule has 9 nitrogen and oxygen atoms in total. The number of aliphatic hydroxyl groups is 1. The molecular weight excluding hydrogens is 414 g/mol. The lowest BCUT2D eigenvalue weighted by molar-refractivity contribution is 0.00706. The summed E-state index contributed by atoms with van der Waals surface area (Å²) in [6, 6.07) is 8.63. The number of ketones is 1. The van der Waals surface area contributed by atoms with Crippen LogP contribution in [0.1, 0.15) is 17.3 Å². The van der Waals surface area contributed by atoms with Gasteiger partial charge in [-0.1, -0.05) is 23.7 Å². The number of rotatable bonds is 5. The number of nitrogens with one attached hydrogen (secondary N) is 1. The number of halogens is 1. The number of Topliss-reactive ketones (excluding diaryl/α,β-unsaturated/α-hetero) is 1. The van der Waals surface area contributed by atoms with Gasteiger partial charge in [-0.05, 0) is 25.1 Å². The lowest BCUT2D eigenvalue weighted by atomic mass is 10.1. The van der Waals surface area contributed by atoms with E-state index >= 15 is 0 Å². The fraction of sp³-hybridized carbons (Fsp3) is 0.350. The van der Waals surface area contributed by atoms with E-state index in [-0.39, 0.29) is 35.4 Å². The molecule has 2 fully saturated rings. The molecule has 2 saturated heterocycles. The number of aromatic amines is 1. The van der Waals surface area contributed by atoms with Crippen molar-refractivity contribution in [2.75, 3.05) is 13.2 Å². The monoisotopic (exact) mass is 431 g/mol. The minimum absolute atomic E-state index is 0.0686. The van der Waals surface area contributed by atoms with Crippen molar-refractivity contribution in [3.63, 3.8) is 0 Å². The van der Waals surface area contributed by atoms with E-state index in [2.05, 4.69) is 15.0 Å². The van der Waals surface area contributed by atoms with Gasteiger partial charge in [0.2, 0.25) is 5.88 Å². The normalized spacial score (nSPS) is 25.4. The molecule has 0 saturated carbocycles. The molecular formula is C20H18ClN3O6. The first-order valence-electron chi connectivity index (χ1n) is 9.41. The standard InChI is InChI=1S/C20H18ClN3O6/c1-9(25)10-3-2-4-11(5-10)29-19-12(21)6-13-18(23-19)24-20(22-13)30-15-8-28-16-14(26)7-27-17(15)16/h2-6,14-17,26H,7-8H2,1H3,(H,22,23,24)/t14-,15-,16?,17-/m1/s1. The van der Waals surface area contributed by atoms with Crippen molar-refractivity contribution in [2.24, 2.45) is 0 Å². The zero-order valence-electron chi connectivity index (χ0n) is 15.9. The summed E-state index contributed by atoms with van der Waals surface area (Å²) in [7, 11) is 0. The molecule has 156 valence electrons. The van der Waals surface area contributed by atoms with Gasteiger partial charge in [0.15, 0.2) is 17.5 Å². The zero-order valence-corrected chi connectivity index (χ0v) is 16.6. The number of imidazole rings is 1. The summed E-state index contributed by atoms with van der Waals surface area (Å²) in [5.74, 6) is 0.532. The van der Waals surface area contributed by atoms with Gasteiger partial charge >= 0.3 is 0 Å². The number of carbonyl (C=O) groups is 1. The topological polar surface area (TPSA) is 116 Å². The maximum absolute atomic E-state index is 11.6. The average molecular weight is 432 g/mol. The van der Waals surface area contributed by atoms with E-state index in [1.807, 2.05) is 0 Å². The van der Waals surface area contributed by atoms with E-state index < -0.39 is 18.3 Å². The fourth-order valence-corrected chi connectivity index (χ4v) is 3.78. The van der Waals surface area contributed by atoms with Crippen LogP contribution >= 0.6 is 11.6 Å². The van der Waals surface area contributed by atoms with Crippen molar-refractivity contribution in [2.45, 2.75) is 31.3 Å². The Morgan fingerprint density at radius 1 is 1.23 bits per heavy atom. The molecule has 1 unspecified atom stereocenters. The SMILES string of the molecule is CC(=O)c1cccc(Oc2nc3nc(O[C@@H]4COC5[C@H](O)CO[C@@H]54)[nH]c3cc2Cl)c1. The number of hydrogen-bond donors (Lipinski definition) is 2. The van der Waals surface area contributed by atoms with Crippen molar-refractivity contribution < 1.29 is 28.8 Å². The molecule has 0 spiro atoms. The largest absolute Gasteiger partial charge is 0.456 e. The predicted octanol–water partition coefficient (Wildman–Crippen LogP) is 2.51. The number of pyridine rings is 1. The summed E-state index contributed by atoms with van der Waals surface area (Å²) < 4.78 is 22.7. The van der Waals surface area contributed by atoms with Crippen molar-refractivity contribution in [3.05, 3.63) is 40.9 Å². The molecule has 0 radical (unpaired) electrons. The molecule has 0 bridgehead atoms. The quantitative estimate of drug-likeness (QED) is 0.592. The van der Waals surface area contributed by atoms with E-state index in [0.717, 1.165) is 0 Å². The van der Waals surface area contributed by atoms with Crippen LogP contribution in [0.15, 0.2) is 30.3 Å². The molecule has 10 heteroatoms. The minimum atomic E-state index is -0.652. The van der Waals surface area contributed by atoms with E-state index in [9.17, 15) is 9.90 Å². The first-order valence-corrected chi connectivity index (χ1v) is 9.79. The Balaban J connectivity index is 1.37. The predicted molar refractivity (Wildman–Crippen MR) is 105 cm³/mol. The van der Waals surface area contributed by atoms with Gasteiger partial charge in [0.1, 0.15) is 29.1 Å². The second kappa shape index (κ2) is 7.51. The molecule has 0 amide bonds. The highest BCUT2D eigenvalue weighted by atomic mass is 35.5. The van der Waals surface area contributed by atoms with Crippen LogP contribution < -0.4 is 9.47 Å². The second-order valence-corrected chi connectivity index (χ2v) is 7.60. The van der Waals surface area contributed by atoms with E-state index in [1.165, 1.54) is 6.92 Å². The summed E-state index contributed by atoms with van der Waals surface area (Å²) in [5, 5.41) is 10.1. The average Bonchev–Trinajstić information content (AvgIpc) is 3.40. The molecule has 1 aromatic carbocycles. The highest BCUT2D eigenvalue weighted by Crippen LogP contribution is 2.33. The Morgan fingerprint density at radius 2 is 2.07 bits per heavy atom. The van der Waals surface area contributed by atoms with Crippen LogP contribution in [0.4, 0.5) is 0 Å². The molecule has 5 rings (SSSR count). The van der Waals surface area contributed by atoms with Crippen LogP contribution in [-0.4, -0.2) is 63.5 Å². The van der Waals surface area contributed by atoms with Crippen molar-refractivity contribution in [1.29, 1.82) is 0 Å². The Kier molecular flexibility index (Phi) is 4.82. The van der Waals surface area contributed by atoms with Crippen LogP contribution in [0, 0.1) is 0 Å². The maximum atomic E-state index is 11.6.